The Kier molecular flexibility index (Phi) is 6.03. The molecule has 1 aromatic rings. The summed E-state index contributed by atoms with van der Waals surface area (Å²) in [6.45, 7) is 2.25. The van der Waals surface area contributed by atoms with Crippen LogP contribution in [0, 0.1) is 5.92 Å². The van der Waals surface area contributed by atoms with Crippen molar-refractivity contribution in [3.8, 4) is 11.5 Å². The van der Waals surface area contributed by atoms with Crippen LogP contribution < -0.4 is 9.47 Å². The van der Waals surface area contributed by atoms with Crippen molar-refractivity contribution in [1.82, 2.24) is 0 Å². The lowest BCUT2D eigenvalue weighted by Gasteiger charge is -2.32. The van der Waals surface area contributed by atoms with E-state index in [4.69, 9.17) is 21.1 Å². The SMILES string of the molecule is CCC1CCCCC1Oc1c(CBr)cc(Cl)cc1OC. The maximum atomic E-state index is 6.34. The molecule has 1 aliphatic carbocycles. The van der Waals surface area contributed by atoms with E-state index in [-0.39, 0.29) is 0 Å². The van der Waals surface area contributed by atoms with Gasteiger partial charge in [0, 0.05) is 22.0 Å². The van der Waals surface area contributed by atoms with Crippen molar-refractivity contribution in [3.63, 3.8) is 0 Å². The minimum absolute atomic E-state index is 0.293. The van der Waals surface area contributed by atoms with Gasteiger partial charge in [-0.15, -0.1) is 0 Å². The summed E-state index contributed by atoms with van der Waals surface area (Å²) in [6.07, 6.45) is 6.43. The maximum absolute atomic E-state index is 6.34. The molecule has 2 unspecified atom stereocenters. The number of halogens is 2. The highest BCUT2D eigenvalue weighted by atomic mass is 79.9. The zero-order chi connectivity index (χ0) is 14.5. The molecule has 0 amide bonds. The van der Waals surface area contributed by atoms with E-state index in [2.05, 4.69) is 22.9 Å². The van der Waals surface area contributed by atoms with Gasteiger partial charge < -0.3 is 9.47 Å². The number of hydrogen-bond donors (Lipinski definition) is 0. The first-order chi connectivity index (χ1) is 9.69. The van der Waals surface area contributed by atoms with E-state index >= 15 is 0 Å². The standard InChI is InChI=1S/C16H22BrClO2/c1-3-11-6-4-5-7-14(11)20-16-12(10-17)8-13(18)9-15(16)19-2/h8-9,11,14H,3-7,10H2,1-2H3. The molecule has 2 nitrogen and oxygen atoms in total. The van der Waals surface area contributed by atoms with Crippen molar-refractivity contribution < 1.29 is 9.47 Å². The minimum Gasteiger partial charge on any atom is -0.493 e. The van der Waals surface area contributed by atoms with E-state index in [0.29, 0.717) is 22.4 Å². The Hall–Kier alpha value is -0.410. The van der Waals surface area contributed by atoms with Crippen LogP contribution in [-0.2, 0) is 5.33 Å². The van der Waals surface area contributed by atoms with E-state index in [1.54, 1.807) is 7.11 Å². The monoisotopic (exact) mass is 360 g/mol. The quantitative estimate of drug-likeness (QED) is 0.636. The van der Waals surface area contributed by atoms with E-state index in [0.717, 1.165) is 23.5 Å². The molecule has 1 aromatic carbocycles. The van der Waals surface area contributed by atoms with Crippen molar-refractivity contribution in [2.75, 3.05) is 7.11 Å². The van der Waals surface area contributed by atoms with Gasteiger partial charge in [-0.1, -0.05) is 40.9 Å². The zero-order valence-electron chi connectivity index (χ0n) is 12.1. The van der Waals surface area contributed by atoms with Crippen LogP contribution >= 0.6 is 27.5 Å². The first-order valence-electron chi connectivity index (χ1n) is 7.28. The molecule has 112 valence electrons. The predicted molar refractivity (Wildman–Crippen MR) is 87.3 cm³/mol. The molecule has 0 aromatic heterocycles. The third-order valence-corrected chi connectivity index (χ3v) is 4.92. The summed E-state index contributed by atoms with van der Waals surface area (Å²) in [5, 5.41) is 1.39. The molecule has 0 saturated heterocycles. The Balaban J connectivity index is 2.26. The van der Waals surface area contributed by atoms with Gasteiger partial charge in [-0.3, -0.25) is 0 Å². The third-order valence-electron chi connectivity index (χ3n) is 4.09. The number of benzene rings is 1. The molecule has 0 bridgehead atoms. The first-order valence-corrected chi connectivity index (χ1v) is 8.78. The van der Waals surface area contributed by atoms with Crippen LogP contribution in [0.15, 0.2) is 12.1 Å². The number of alkyl halides is 1. The lowest BCUT2D eigenvalue weighted by atomic mass is 9.84. The fraction of sp³-hybridized carbons (Fsp3) is 0.625. The van der Waals surface area contributed by atoms with Crippen molar-refractivity contribution in [1.29, 1.82) is 0 Å². The normalized spacial score (nSPS) is 22.6. The summed E-state index contributed by atoms with van der Waals surface area (Å²) < 4.78 is 11.8. The van der Waals surface area contributed by atoms with Crippen molar-refractivity contribution in [2.24, 2.45) is 5.92 Å². The van der Waals surface area contributed by atoms with Crippen LogP contribution in [0.2, 0.25) is 5.02 Å². The fourth-order valence-corrected chi connectivity index (χ4v) is 3.60. The molecule has 0 radical (unpaired) electrons. The number of methoxy groups -OCH3 is 1. The van der Waals surface area contributed by atoms with Crippen molar-refractivity contribution in [2.45, 2.75) is 50.5 Å². The van der Waals surface area contributed by atoms with Crippen LogP contribution in [-0.4, -0.2) is 13.2 Å². The van der Waals surface area contributed by atoms with Crippen LogP contribution in [0.1, 0.15) is 44.6 Å². The second-order valence-electron chi connectivity index (χ2n) is 5.34. The van der Waals surface area contributed by atoms with E-state index in [9.17, 15) is 0 Å². The molecular weight excluding hydrogens is 340 g/mol. The highest BCUT2D eigenvalue weighted by molar-refractivity contribution is 9.08. The lowest BCUT2D eigenvalue weighted by Crippen LogP contribution is -2.30. The molecule has 4 heteroatoms. The topological polar surface area (TPSA) is 18.5 Å². The largest absolute Gasteiger partial charge is 0.493 e. The van der Waals surface area contributed by atoms with Crippen molar-refractivity contribution >= 4 is 27.5 Å². The molecule has 1 fully saturated rings. The van der Waals surface area contributed by atoms with Gasteiger partial charge in [-0.05, 0) is 37.7 Å². The highest BCUT2D eigenvalue weighted by Gasteiger charge is 2.27. The molecular formula is C16H22BrClO2. The zero-order valence-corrected chi connectivity index (χ0v) is 14.5. The van der Waals surface area contributed by atoms with E-state index in [1.807, 2.05) is 12.1 Å². The Bertz CT molecular complexity index is 425. The molecule has 1 saturated carbocycles. The van der Waals surface area contributed by atoms with Gasteiger partial charge in [0.15, 0.2) is 11.5 Å². The average molecular weight is 362 g/mol. The maximum Gasteiger partial charge on any atom is 0.165 e. The molecule has 1 aliphatic rings. The Morgan fingerprint density at radius 1 is 1.30 bits per heavy atom. The Morgan fingerprint density at radius 3 is 2.70 bits per heavy atom. The smallest absolute Gasteiger partial charge is 0.165 e. The summed E-state index contributed by atoms with van der Waals surface area (Å²) in [5.41, 5.74) is 1.05. The third kappa shape index (κ3) is 3.62. The second kappa shape index (κ2) is 7.56. The molecule has 20 heavy (non-hydrogen) atoms. The summed E-state index contributed by atoms with van der Waals surface area (Å²) in [4.78, 5) is 0. The van der Waals surface area contributed by atoms with Crippen LogP contribution in [0.5, 0.6) is 11.5 Å². The van der Waals surface area contributed by atoms with Crippen LogP contribution in [0.25, 0.3) is 0 Å². The van der Waals surface area contributed by atoms with Gasteiger partial charge in [-0.25, -0.2) is 0 Å². The van der Waals surface area contributed by atoms with Gasteiger partial charge in [0.05, 0.1) is 7.11 Å². The van der Waals surface area contributed by atoms with Gasteiger partial charge in [0.2, 0.25) is 0 Å². The first kappa shape index (κ1) is 16.0. The van der Waals surface area contributed by atoms with Gasteiger partial charge in [0.25, 0.3) is 0 Å². The lowest BCUT2D eigenvalue weighted by molar-refractivity contribution is 0.0865. The molecule has 0 aliphatic heterocycles. The molecule has 0 N–H and O–H groups in total. The molecule has 0 spiro atoms. The number of hydrogen-bond acceptors (Lipinski definition) is 2. The van der Waals surface area contributed by atoms with E-state index < -0.39 is 0 Å². The summed E-state index contributed by atoms with van der Waals surface area (Å²) in [7, 11) is 1.66. The summed E-state index contributed by atoms with van der Waals surface area (Å²) >= 11 is 9.63. The van der Waals surface area contributed by atoms with Gasteiger partial charge in [0.1, 0.15) is 6.10 Å². The highest BCUT2D eigenvalue weighted by Crippen LogP contribution is 2.39. The minimum atomic E-state index is 0.293. The predicted octanol–water partition coefficient (Wildman–Crippen LogP) is 5.59. The van der Waals surface area contributed by atoms with Crippen LogP contribution in [0.3, 0.4) is 0 Å². The second-order valence-corrected chi connectivity index (χ2v) is 6.34. The Morgan fingerprint density at radius 2 is 2.05 bits per heavy atom. The van der Waals surface area contributed by atoms with Gasteiger partial charge in [-0.2, -0.15) is 0 Å². The number of rotatable bonds is 5. The van der Waals surface area contributed by atoms with Crippen molar-refractivity contribution in [3.05, 3.63) is 22.7 Å². The average Bonchev–Trinajstić information content (AvgIpc) is 2.48. The summed E-state index contributed by atoms with van der Waals surface area (Å²) in [6, 6.07) is 3.77. The van der Waals surface area contributed by atoms with Gasteiger partial charge >= 0.3 is 0 Å². The summed E-state index contributed by atoms with van der Waals surface area (Å²) in [5.74, 6) is 2.22. The van der Waals surface area contributed by atoms with Crippen LogP contribution in [0.4, 0.5) is 0 Å². The Labute approximate surface area is 134 Å². The molecule has 2 rings (SSSR count). The van der Waals surface area contributed by atoms with E-state index in [1.165, 1.54) is 25.7 Å². The molecule has 2 atom stereocenters. The fourth-order valence-electron chi connectivity index (χ4n) is 2.95. The molecule has 0 heterocycles. The number of ether oxygens (including phenoxy) is 2.